The Morgan fingerprint density at radius 3 is 2.86 bits per heavy atom. The van der Waals surface area contributed by atoms with Gasteiger partial charge in [0.1, 0.15) is 15.9 Å². The number of pyridine rings is 1. The number of carbonyl (C=O) groups excluding carboxylic acids is 1. The maximum absolute atomic E-state index is 11.2. The van der Waals surface area contributed by atoms with Gasteiger partial charge < -0.3 is 0 Å². The summed E-state index contributed by atoms with van der Waals surface area (Å²) in [5, 5.41) is 0. The minimum atomic E-state index is -0.0294. The molecule has 0 amide bonds. The number of hydrogen-bond acceptors (Lipinski definition) is 2. The third kappa shape index (κ3) is 1.35. The first-order valence-electron chi connectivity index (χ1n) is 4.25. The fourth-order valence-corrected chi connectivity index (χ4v) is 2.00. The molecule has 2 aromatic heterocycles. The molecule has 0 bridgehead atoms. The smallest absolute Gasteiger partial charge is 0.180 e. The van der Waals surface area contributed by atoms with E-state index in [0.717, 1.165) is 15.8 Å². The molecule has 0 aliphatic heterocycles. The minimum absolute atomic E-state index is 0.0294. The van der Waals surface area contributed by atoms with Crippen LogP contribution in [0.1, 0.15) is 23.0 Å². The largest absolute Gasteiger partial charge is 0.293 e. The van der Waals surface area contributed by atoms with Crippen molar-refractivity contribution in [1.82, 2.24) is 9.38 Å². The molecular weight excluding hydrogens is 244 g/mol. The van der Waals surface area contributed by atoms with Crippen LogP contribution in [0.2, 0.25) is 0 Å². The summed E-state index contributed by atoms with van der Waals surface area (Å²) in [6.45, 7) is 3.51. The van der Waals surface area contributed by atoms with Crippen molar-refractivity contribution in [1.29, 1.82) is 0 Å². The van der Waals surface area contributed by atoms with Crippen LogP contribution in [0.25, 0.3) is 5.65 Å². The van der Waals surface area contributed by atoms with Gasteiger partial charge in [0.2, 0.25) is 0 Å². The lowest BCUT2D eigenvalue weighted by atomic mass is 10.3. The molecule has 2 heterocycles. The normalized spacial score (nSPS) is 10.8. The lowest BCUT2D eigenvalue weighted by Gasteiger charge is -1.96. The van der Waals surface area contributed by atoms with Gasteiger partial charge in [-0.15, -0.1) is 0 Å². The molecule has 2 aromatic rings. The Bertz CT molecular complexity index is 516. The first-order chi connectivity index (χ1) is 6.59. The zero-order valence-electron chi connectivity index (χ0n) is 7.91. The molecule has 72 valence electrons. The van der Waals surface area contributed by atoms with Crippen molar-refractivity contribution in [2.75, 3.05) is 0 Å². The van der Waals surface area contributed by atoms with Crippen molar-refractivity contribution in [3.8, 4) is 0 Å². The molecular formula is C10H9BrN2O. The molecule has 0 aromatic carbocycles. The van der Waals surface area contributed by atoms with Crippen LogP contribution in [0.4, 0.5) is 0 Å². The van der Waals surface area contributed by atoms with E-state index in [9.17, 15) is 4.79 Å². The fraction of sp³-hybridized carbons (Fsp3) is 0.200. The summed E-state index contributed by atoms with van der Waals surface area (Å²) in [5.74, 6) is -0.0294. The molecule has 0 saturated carbocycles. The number of imidazole rings is 1. The third-order valence-electron chi connectivity index (χ3n) is 2.04. The SMILES string of the molecule is CC(=O)c1nc2ccc(C)cn2c1Br. The van der Waals surface area contributed by atoms with Crippen molar-refractivity contribution in [3.63, 3.8) is 0 Å². The van der Waals surface area contributed by atoms with Crippen LogP contribution in [0, 0.1) is 6.92 Å². The molecule has 0 radical (unpaired) electrons. The van der Waals surface area contributed by atoms with Gasteiger partial charge in [-0.2, -0.15) is 0 Å². The van der Waals surface area contributed by atoms with Crippen molar-refractivity contribution >= 4 is 27.4 Å². The molecule has 2 rings (SSSR count). The van der Waals surface area contributed by atoms with Crippen molar-refractivity contribution < 1.29 is 4.79 Å². The number of carbonyl (C=O) groups is 1. The Hall–Kier alpha value is -1.16. The topological polar surface area (TPSA) is 34.4 Å². The van der Waals surface area contributed by atoms with Crippen LogP contribution in [0.15, 0.2) is 22.9 Å². The van der Waals surface area contributed by atoms with E-state index in [0.29, 0.717) is 5.69 Å². The number of fused-ring (bicyclic) bond motifs is 1. The minimum Gasteiger partial charge on any atom is -0.293 e. The van der Waals surface area contributed by atoms with E-state index in [1.54, 1.807) is 0 Å². The highest BCUT2D eigenvalue weighted by Crippen LogP contribution is 2.19. The molecule has 0 unspecified atom stereocenters. The van der Waals surface area contributed by atoms with Crippen LogP contribution in [-0.4, -0.2) is 15.2 Å². The van der Waals surface area contributed by atoms with E-state index < -0.39 is 0 Å². The molecule has 0 spiro atoms. The highest BCUT2D eigenvalue weighted by Gasteiger charge is 2.12. The number of hydrogen-bond donors (Lipinski definition) is 0. The predicted octanol–water partition coefficient (Wildman–Crippen LogP) is 2.61. The van der Waals surface area contributed by atoms with Crippen LogP contribution < -0.4 is 0 Å². The number of ketones is 1. The van der Waals surface area contributed by atoms with Crippen molar-refractivity contribution in [2.45, 2.75) is 13.8 Å². The van der Waals surface area contributed by atoms with Crippen molar-refractivity contribution in [2.24, 2.45) is 0 Å². The second-order valence-electron chi connectivity index (χ2n) is 3.24. The van der Waals surface area contributed by atoms with Crippen molar-refractivity contribution in [3.05, 3.63) is 34.2 Å². The lowest BCUT2D eigenvalue weighted by molar-refractivity contribution is 0.101. The van der Waals surface area contributed by atoms with Gasteiger partial charge in [-0.05, 0) is 34.5 Å². The first kappa shape index (κ1) is 9.40. The summed E-state index contributed by atoms with van der Waals surface area (Å²) in [6.07, 6.45) is 1.94. The Labute approximate surface area is 89.9 Å². The molecule has 0 aliphatic rings. The molecule has 0 fully saturated rings. The predicted molar refractivity (Wildman–Crippen MR) is 57.6 cm³/mol. The summed E-state index contributed by atoms with van der Waals surface area (Å²) in [5.41, 5.74) is 2.40. The average molecular weight is 253 g/mol. The van der Waals surface area contributed by atoms with E-state index in [1.807, 2.05) is 29.7 Å². The maximum Gasteiger partial charge on any atom is 0.180 e. The number of rotatable bonds is 1. The Kier molecular flexibility index (Phi) is 2.15. The summed E-state index contributed by atoms with van der Waals surface area (Å²) in [6, 6.07) is 3.87. The van der Waals surface area contributed by atoms with E-state index in [-0.39, 0.29) is 5.78 Å². The molecule has 0 N–H and O–H groups in total. The fourth-order valence-electron chi connectivity index (χ4n) is 1.35. The molecule has 0 aliphatic carbocycles. The van der Waals surface area contributed by atoms with E-state index in [1.165, 1.54) is 6.92 Å². The molecule has 14 heavy (non-hydrogen) atoms. The quantitative estimate of drug-likeness (QED) is 0.732. The second-order valence-corrected chi connectivity index (χ2v) is 3.99. The summed E-state index contributed by atoms with van der Waals surface area (Å²) in [7, 11) is 0. The van der Waals surface area contributed by atoms with E-state index in [2.05, 4.69) is 20.9 Å². The van der Waals surface area contributed by atoms with Gasteiger partial charge in [-0.1, -0.05) is 6.07 Å². The average Bonchev–Trinajstić information content (AvgIpc) is 2.44. The number of nitrogens with zero attached hydrogens (tertiary/aromatic N) is 2. The first-order valence-corrected chi connectivity index (χ1v) is 5.04. The number of aryl methyl sites for hydroxylation is 1. The lowest BCUT2D eigenvalue weighted by Crippen LogP contribution is -1.93. The van der Waals surface area contributed by atoms with Gasteiger partial charge in [0.25, 0.3) is 0 Å². The van der Waals surface area contributed by atoms with Crippen LogP contribution in [0.5, 0.6) is 0 Å². The Balaban J connectivity index is 2.80. The number of aromatic nitrogens is 2. The van der Waals surface area contributed by atoms with Gasteiger partial charge in [0.15, 0.2) is 5.78 Å². The number of halogens is 1. The van der Waals surface area contributed by atoms with Crippen LogP contribution in [-0.2, 0) is 0 Å². The molecule has 0 saturated heterocycles. The monoisotopic (exact) mass is 252 g/mol. The molecule has 0 atom stereocenters. The van der Waals surface area contributed by atoms with Gasteiger partial charge in [0.05, 0.1) is 0 Å². The van der Waals surface area contributed by atoms with Gasteiger partial charge in [-0.3, -0.25) is 9.20 Å². The highest BCUT2D eigenvalue weighted by atomic mass is 79.9. The van der Waals surface area contributed by atoms with Gasteiger partial charge in [-0.25, -0.2) is 4.98 Å². The number of Topliss-reactive ketones (excluding diaryl/α,β-unsaturated/α-hetero) is 1. The summed E-state index contributed by atoms with van der Waals surface area (Å²) >= 11 is 3.37. The summed E-state index contributed by atoms with van der Waals surface area (Å²) in [4.78, 5) is 15.4. The summed E-state index contributed by atoms with van der Waals surface area (Å²) < 4.78 is 2.59. The Morgan fingerprint density at radius 2 is 2.21 bits per heavy atom. The third-order valence-corrected chi connectivity index (χ3v) is 2.80. The van der Waals surface area contributed by atoms with Crippen LogP contribution >= 0.6 is 15.9 Å². The zero-order chi connectivity index (χ0) is 10.3. The van der Waals surface area contributed by atoms with Gasteiger partial charge >= 0.3 is 0 Å². The standard InChI is InChI=1S/C10H9BrN2O/c1-6-3-4-8-12-9(7(2)14)10(11)13(8)5-6/h3-5H,1-2H3. The second kappa shape index (κ2) is 3.20. The zero-order valence-corrected chi connectivity index (χ0v) is 9.50. The van der Waals surface area contributed by atoms with E-state index >= 15 is 0 Å². The maximum atomic E-state index is 11.2. The van der Waals surface area contributed by atoms with Crippen LogP contribution in [0.3, 0.4) is 0 Å². The molecule has 4 heteroatoms. The highest BCUT2D eigenvalue weighted by molar-refractivity contribution is 9.10. The Morgan fingerprint density at radius 1 is 1.50 bits per heavy atom. The molecule has 3 nitrogen and oxygen atoms in total. The van der Waals surface area contributed by atoms with E-state index in [4.69, 9.17) is 0 Å². The van der Waals surface area contributed by atoms with Gasteiger partial charge in [0, 0.05) is 13.1 Å².